The maximum Gasteiger partial charge on any atom is 0.191 e. The Bertz CT molecular complexity index is 670. The van der Waals surface area contributed by atoms with E-state index >= 15 is 0 Å². The zero-order chi connectivity index (χ0) is 17.3. The highest BCUT2D eigenvalue weighted by atomic mass is 127. The number of aromatic nitrogens is 2. The number of aryl methyl sites for hydroxylation is 1. The molecule has 2 N–H and O–H groups in total. The molecule has 7 heteroatoms. The van der Waals surface area contributed by atoms with E-state index in [2.05, 4.69) is 32.9 Å². The number of nitrogens with zero attached hydrogens (tertiary/aromatic N) is 3. The molecule has 0 atom stereocenters. The van der Waals surface area contributed by atoms with Gasteiger partial charge in [-0.25, -0.2) is 0 Å². The van der Waals surface area contributed by atoms with Gasteiger partial charge in [-0.2, -0.15) is 5.10 Å². The van der Waals surface area contributed by atoms with Crippen LogP contribution in [0.25, 0.3) is 0 Å². The number of benzene rings is 1. The molecule has 0 spiro atoms. The van der Waals surface area contributed by atoms with Crippen LogP contribution < -0.4 is 15.4 Å². The smallest absolute Gasteiger partial charge is 0.191 e. The molecule has 1 aliphatic carbocycles. The predicted octanol–water partition coefficient (Wildman–Crippen LogP) is 3.19. The summed E-state index contributed by atoms with van der Waals surface area (Å²) in [5, 5.41) is 10.9. The van der Waals surface area contributed by atoms with Gasteiger partial charge in [-0.05, 0) is 37.8 Å². The van der Waals surface area contributed by atoms with Crippen LogP contribution in [-0.2, 0) is 13.1 Å². The fourth-order valence-electron chi connectivity index (χ4n) is 2.71. The summed E-state index contributed by atoms with van der Waals surface area (Å²) in [6.45, 7) is 2.44. The third-order valence-corrected chi connectivity index (χ3v) is 4.40. The lowest BCUT2D eigenvalue weighted by Crippen LogP contribution is -2.37. The normalized spacial score (nSPS) is 14.3. The fraction of sp³-hybridized carbons (Fsp3) is 0.474. The number of rotatable bonds is 8. The molecule has 1 saturated carbocycles. The van der Waals surface area contributed by atoms with E-state index in [0.717, 1.165) is 36.8 Å². The van der Waals surface area contributed by atoms with Crippen LogP contribution in [0.1, 0.15) is 31.2 Å². The van der Waals surface area contributed by atoms with Crippen LogP contribution in [0.3, 0.4) is 0 Å². The van der Waals surface area contributed by atoms with Crippen molar-refractivity contribution in [3.63, 3.8) is 0 Å². The van der Waals surface area contributed by atoms with Gasteiger partial charge in [0.25, 0.3) is 0 Å². The summed E-state index contributed by atoms with van der Waals surface area (Å²) in [5.74, 6) is 1.78. The lowest BCUT2D eigenvalue weighted by atomic mass is 9.96. The van der Waals surface area contributed by atoms with Crippen molar-refractivity contribution in [2.24, 2.45) is 4.99 Å². The quantitative estimate of drug-likeness (QED) is 0.270. The Morgan fingerprint density at radius 2 is 2.12 bits per heavy atom. The van der Waals surface area contributed by atoms with Gasteiger partial charge in [0.1, 0.15) is 5.75 Å². The first-order chi connectivity index (χ1) is 12.3. The zero-order valence-electron chi connectivity index (χ0n) is 15.2. The molecule has 0 bridgehead atoms. The monoisotopic (exact) mass is 469 g/mol. The van der Waals surface area contributed by atoms with Crippen LogP contribution in [0, 0.1) is 0 Å². The topological polar surface area (TPSA) is 63.5 Å². The summed E-state index contributed by atoms with van der Waals surface area (Å²) >= 11 is 0. The molecular formula is C19H28IN5O. The second kappa shape index (κ2) is 11.1. The standard InChI is InChI=1S/C19H27N5O.HI/c1-20-19(21-11-5-13-24-14-6-12-23-24)22-15-16-7-2-3-10-18(16)25-17-8-4-9-17;/h2-3,6-7,10,12,14,17H,4-5,8-9,11,13,15H2,1H3,(H2,20,21,22);1H. The second-order valence-corrected chi connectivity index (χ2v) is 6.25. The number of nitrogens with one attached hydrogen (secondary N) is 2. The van der Waals surface area contributed by atoms with Crippen molar-refractivity contribution >= 4 is 29.9 Å². The Hall–Kier alpha value is -1.77. The molecular weight excluding hydrogens is 441 g/mol. The summed E-state index contributed by atoms with van der Waals surface area (Å²) in [6, 6.07) is 10.2. The van der Waals surface area contributed by atoms with E-state index < -0.39 is 0 Å². The first-order valence-corrected chi connectivity index (χ1v) is 9.01. The summed E-state index contributed by atoms with van der Waals surface area (Å²) in [5.41, 5.74) is 1.16. The van der Waals surface area contributed by atoms with E-state index in [1.807, 2.05) is 29.1 Å². The third-order valence-electron chi connectivity index (χ3n) is 4.40. The first kappa shape index (κ1) is 20.5. The highest BCUT2D eigenvalue weighted by Crippen LogP contribution is 2.27. The molecule has 1 heterocycles. The summed E-state index contributed by atoms with van der Waals surface area (Å²) in [6.07, 6.45) is 8.77. The van der Waals surface area contributed by atoms with Crippen LogP contribution in [0.5, 0.6) is 5.75 Å². The van der Waals surface area contributed by atoms with Crippen LogP contribution >= 0.6 is 24.0 Å². The van der Waals surface area contributed by atoms with Gasteiger partial charge in [0, 0.05) is 44.6 Å². The highest BCUT2D eigenvalue weighted by Gasteiger charge is 2.20. The Morgan fingerprint density at radius 1 is 1.27 bits per heavy atom. The van der Waals surface area contributed by atoms with E-state index in [1.54, 1.807) is 13.2 Å². The first-order valence-electron chi connectivity index (χ1n) is 9.01. The van der Waals surface area contributed by atoms with Crippen LogP contribution in [0.2, 0.25) is 0 Å². The van der Waals surface area contributed by atoms with E-state index in [4.69, 9.17) is 4.74 Å². The molecule has 0 saturated heterocycles. The molecule has 0 aliphatic heterocycles. The summed E-state index contributed by atoms with van der Waals surface area (Å²) in [4.78, 5) is 4.29. The number of guanidine groups is 1. The van der Waals surface area contributed by atoms with Crippen molar-refractivity contribution in [3.8, 4) is 5.75 Å². The van der Waals surface area contributed by atoms with Gasteiger partial charge in [-0.3, -0.25) is 9.67 Å². The largest absolute Gasteiger partial charge is 0.490 e. The number of ether oxygens (including phenoxy) is 1. The third kappa shape index (κ3) is 6.19. The van der Waals surface area contributed by atoms with Gasteiger partial charge in [-0.15, -0.1) is 24.0 Å². The Labute approximate surface area is 172 Å². The Kier molecular flexibility index (Phi) is 8.73. The second-order valence-electron chi connectivity index (χ2n) is 6.25. The maximum atomic E-state index is 6.08. The molecule has 6 nitrogen and oxygen atoms in total. The van der Waals surface area contributed by atoms with E-state index in [-0.39, 0.29) is 24.0 Å². The molecule has 1 aromatic carbocycles. The van der Waals surface area contributed by atoms with Crippen molar-refractivity contribution < 1.29 is 4.74 Å². The van der Waals surface area contributed by atoms with Crippen molar-refractivity contribution in [3.05, 3.63) is 48.3 Å². The Morgan fingerprint density at radius 3 is 2.81 bits per heavy atom. The van der Waals surface area contributed by atoms with Crippen molar-refractivity contribution in [2.75, 3.05) is 13.6 Å². The number of aliphatic imine (C=N–C) groups is 1. The molecule has 142 valence electrons. The molecule has 0 radical (unpaired) electrons. The zero-order valence-corrected chi connectivity index (χ0v) is 17.6. The SMILES string of the molecule is CN=C(NCCCn1cccn1)NCc1ccccc1OC1CCC1.I. The average Bonchev–Trinajstić information content (AvgIpc) is 3.12. The molecule has 3 rings (SSSR count). The molecule has 1 fully saturated rings. The number of hydrogen-bond acceptors (Lipinski definition) is 3. The van der Waals surface area contributed by atoms with Gasteiger partial charge in [-0.1, -0.05) is 18.2 Å². The summed E-state index contributed by atoms with van der Waals surface area (Å²) < 4.78 is 8.01. The van der Waals surface area contributed by atoms with Gasteiger partial charge in [0.05, 0.1) is 6.10 Å². The van der Waals surface area contributed by atoms with Crippen molar-refractivity contribution in [2.45, 2.75) is 44.9 Å². The van der Waals surface area contributed by atoms with Gasteiger partial charge in [0.2, 0.25) is 0 Å². The van der Waals surface area contributed by atoms with Gasteiger partial charge in [0.15, 0.2) is 5.96 Å². The minimum Gasteiger partial charge on any atom is -0.490 e. The number of hydrogen-bond donors (Lipinski definition) is 2. The molecule has 0 unspecified atom stereocenters. The minimum absolute atomic E-state index is 0. The maximum absolute atomic E-state index is 6.08. The fourth-order valence-corrected chi connectivity index (χ4v) is 2.71. The van der Waals surface area contributed by atoms with E-state index in [0.29, 0.717) is 12.6 Å². The molecule has 26 heavy (non-hydrogen) atoms. The average molecular weight is 469 g/mol. The molecule has 1 aromatic heterocycles. The lowest BCUT2D eigenvalue weighted by molar-refractivity contribution is 0.119. The molecule has 1 aliphatic rings. The van der Waals surface area contributed by atoms with Crippen molar-refractivity contribution in [1.29, 1.82) is 0 Å². The van der Waals surface area contributed by atoms with Gasteiger partial charge < -0.3 is 15.4 Å². The molecule has 2 aromatic rings. The van der Waals surface area contributed by atoms with Gasteiger partial charge >= 0.3 is 0 Å². The number of para-hydroxylation sites is 1. The Balaban J connectivity index is 0.00000243. The van der Waals surface area contributed by atoms with Crippen molar-refractivity contribution in [1.82, 2.24) is 20.4 Å². The minimum atomic E-state index is 0. The lowest BCUT2D eigenvalue weighted by Gasteiger charge is -2.27. The predicted molar refractivity (Wildman–Crippen MR) is 115 cm³/mol. The highest BCUT2D eigenvalue weighted by molar-refractivity contribution is 14.0. The van der Waals surface area contributed by atoms with Crippen LogP contribution in [0.4, 0.5) is 0 Å². The van der Waals surface area contributed by atoms with Crippen LogP contribution in [0.15, 0.2) is 47.7 Å². The van der Waals surface area contributed by atoms with E-state index in [1.165, 1.54) is 19.3 Å². The number of halogens is 1. The summed E-state index contributed by atoms with van der Waals surface area (Å²) in [7, 11) is 1.79. The van der Waals surface area contributed by atoms with E-state index in [9.17, 15) is 0 Å². The van der Waals surface area contributed by atoms with Crippen LogP contribution in [-0.4, -0.2) is 35.4 Å². The molecule has 0 amide bonds.